The molecule has 2 rings (SSSR count). The summed E-state index contributed by atoms with van der Waals surface area (Å²) in [5, 5.41) is 3.35. The summed E-state index contributed by atoms with van der Waals surface area (Å²) in [7, 11) is 0. The van der Waals surface area contributed by atoms with Crippen molar-refractivity contribution in [1.29, 1.82) is 0 Å². The standard InChI is InChI=1S/C24H34N2O2/c1-4-5-6-7-8-9-15-25-24-22(14-11-16-26-24)23(27)20-12-10-13-21(17-20)28-18-19(2)3/h10-14,16-17,19H,4-9,15,18H2,1-3H3,(H,25,26). The van der Waals surface area contributed by atoms with Crippen LogP contribution in [0.1, 0.15) is 75.2 Å². The van der Waals surface area contributed by atoms with Gasteiger partial charge in [0, 0.05) is 18.3 Å². The molecule has 0 aliphatic heterocycles. The van der Waals surface area contributed by atoms with Crippen LogP contribution in [0, 0.1) is 5.92 Å². The lowest BCUT2D eigenvalue weighted by Gasteiger charge is -2.12. The van der Waals surface area contributed by atoms with Crippen LogP contribution < -0.4 is 10.1 Å². The second-order valence-electron chi connectivity index (χ2n) is 7.66. The van der Waals surface area contributed by atoms with Crippen LogP contribution in [0.15, 0.2) is 42.6 Å². The van der Waals surface area contributed by atoms with Gasteiger partial charge in [-0.05, 0) is 36.6 Å². The highest BCUT2D eigenvalue weighted by atomic mass is 16.5. The molecule has 152 valence electrons. The van der Waals surface area contributed by atoms with E-state index in [9.17, 15) is 4.79 Å². The molecule has 0 amide bonds. The van der Waals surface area contributed by atoms with Crippen LogP contribution in [-0.2, 0) is 0 Å². The third-order valence-corrected chi connectivity index (χ3v) is 4.55. The minimum atomic E-state index is -0.0338. The summed E-state index contributed by atoms with van der Waals surface area (Å²) in [4.78, 5) is 17.4. The van der Waals surface area contributed by atoms with E-state index in [1.807, 2.05) is 36.4 Å². The number of rotatable bonds is 13. The molecule has 0 fully saturated rings. The summed E-state index contributed by atoms with van der Waals surface area (Å²) in [6.07, 6.45) is 9.17. The molecule has 4 heteroatoms. The van der Waals surface area contributed by atoms with Crippen molar-refractivity contribution in [2.24, 2.45) is 5.92 Å². The molecular weight excluding hydrogens is 348 g/mol. The molecule has 0 radical (unpaired) electrons. The van der Waals surface area contributed by atoms with Gasteiger partial charge in [-0.1, -0.05) is 65.0 Å². The maximum Gasteiger partial charge on any atom is 0.196 e. The number of nitrogens with zero attached hydrogens (tertiary/aromatic N) is 1. The lowest BCUT2D eigenvalue weighted by atomic mass is 10.0. The number of hydrogen-bond acceptors (Lipinski definition) is 4. The highest BCUT2D eigenvalue weighted by Gasteiger charge is 2.15. The van der Waals surface area contributed by atoms with Crippen molar-refractivity contribution in [2.45, 2.75) is 59.3 Å². The van der Waals surface area contributed by atoms with Crippen molar-refractivity contribution < 1.29 is 9.53 Å². The van der Waals surface area contributed by atoms with E-state index in [4.69, 9.17) is 4.74 Å². The monoisotopic (exact) mass is 382 g/mol. The first-order valence-corrected chi connectivity index (χ1v) is 10.6. The smallest absolute Gasteiger partial charge is 0.196 e. The van der Waals surface area contributed by atoms with Gasteiger partial charge in [0.15, 0.2) is 5.78 Å². The van der Waals surface area contributed by atoms with Gasteiger partial charge in [0.25, 0.3) is 0 Å². The third-order valence-electron chi connectivity index (χ3n) is 4.55. The quantitative estimate of drug-likeness (QED) is 0.335. The lowest BCUT2D eigenvalue weighted by Crippen LogP contribution is -2.11. The second kappa shape index (κ2) is 12.2. The van der Waals surface area contributed by atoms with Crippen LogP contribution in [-0.4, -0.2) is 23.9 Å². The van der Waals surface area contributed by atoms with Crippen LogP contribution in [0.4, 0.5) is 5.82 Å². The van der Waals surface area contributed by atoms with Crippen molar-refractivity contribution >= 4 is 11.6 Å². The Hall–Kier alpha value is -2.36. The second-order valence-corrected chi connectivity index (χ2v) is 7.66. The summed E-state index contributed by atoms with van der Waals surface area (Å²) in [6.45, 7) is 7.91. The SMILES string of the molecule is CCCCCCCCNc1ncccc1C(=O)c1cccc(OCC(C)C)c1. The molecule has 28 heavy (non-hydrogen) atoms. The molecule has 0 atom stereocenters. The lowest BCUT2D eigenvalue weighted by molar-refractivity contribution is 0.103. The molecule has 0 saturated heterocycles. The number of ketones is 1. The Morgan fingerprint density at radius 2 is 1.86 bits per heavy atom. The zero-order valence-electron chi connectivity index (χ0n) is 17.5. The van der Waals surface area contributed by atoms with E-state index in [-0.39, 0.29) is 5.78 Å². The van der Waals surface area contributed by atoms with Crippen LogP contribution in [0.3, 0.4) is 0 Å². The molecule has 0 spiro atoms. The number of benzene rings is 1. The number of carbonyl (C=O) groups is 1. The predicted molar refractivity (Wildman–Crippen MR) is 116 cm³/mol. The molecule has 2 aromatic rings. The van der Waals surface area contributed by atoms with Crippen LogP contribution >= 0.6 is 0 Å². The van der Waals surface area contributed by atoms with E-state index in [2.05, 4.69) is 31.1 Å². The summed E-state index contributed by atoms with van der Waals surface area (Å²) < 4.78 is 5.76. The molecule has 1 N–H and O–H groups in total. The Labute approximate surface area is 169 Å². The van der Waals surface area contributed by atoms with Gasteiger partial charge < -0.3 is 10.1 Å². The van der Waals surface area contributed by atoms with Crippen LogP contribution in [0.5, 0.6) is 5.75 Å². The summed E-state index contributed by atoms with van der Waals surface area (Å²) in [5.74, 6) is 1.79. The Balaban J connectivity index is 1.97. The number of anilines is 1. The number of carbonyl (C=O) groups excluding carboxylic acids is 1. The van der Waals surface area contributed by atoms with Gasteiger partial charge >= 0.3 is 0 Å². The number of aromatic nitrogens is 1. The number of hydrogen-bond donors (Lipinski definition) is 1. The minimum Gasteiger partial charge on any atom is -0.493 e. The fourth-order valence-electron chi connectivity index (χ4n) is 2.99. The van der Waals surface area contributed by atoms with Gasteiger partial charge in [-0.3, -0.25) is 4.79 Å². The van der Waals surface area contributed by atoms with E-state index in [1.165, 1.54) is 32.1 Å². The molecule has 0 bridgehead atoms. The fourth-order valence-corrected chi connectivity index (χ4v) is 2.99. The summed E-state index contributed by atoms with van der Waals surface area (Å²) in [5.41, 5.74) is 1.23. The summed E-state index contributed by atoms with van der Waals surface area (Å²) >= 11 is 0. The minimum absolute atomic E-state index is 0.0338. The fraction of sp³-hybridized carbons (Fsp3) is 0.500. The molecular formula is C24H34N2O2. The number of ether oxygens (including phenoxy) is 1. The largest absolute Gasteiger partial charge is 0.493 e. The average molecular weight is 383 g/mol. The van der Waals surface area contributed by atoms with Gasteiger partial charge in [0.05, 0.1) is 12.2 Å². The van der Waals surface area contributed by atoms with E-state index >= 15 is 0 Å². The highest BCUT2D eigenvalue weighted by Crippen LogP contribution is 2.21. The number of nitrogens with one attached hydrogen (secondary N) is 1. The molecule has 0 aliphatic rings. The number of pyridine rings is 1. The molecule has 1 aromatic heterocycles. The Kier molecular flexibility index (Phi) is 9.53. The maximum atomic E-state index is 13.0. The molecule has 1 aromatic carbocycles. The predicted octanol–water partition coefficient (Wildman–Crippen LogP) is 6.12. The van der Waals surface area contributed by atoms with Gasteiger partial charge in [-0.15, -0.1) is 0 Å². The van der Waals surface area contributed by atoms with E-state index in [0.29, 0.717) is 29.5 Å². The molecule has 0 aliphatic carbocycles. The number of unbranched alkanes of at least 4 members (excludes halogenated alkanes) is 5. The van der Waals surface area contributed by atoms with Crippen molar-refractivity contribution in [3.05, 3.63) is 53.7 Å². The van der Waals surface area contributed by atoms with Crippen LogP contribution in [0.25, 0.3) is 0 Å². The summed E-state index contributed by atoms with van der Waals surface area (Å²) in [6, 6.07) is 11.0. The first-order valence-electron chi connectivity index (χ1n) is 10.6. The van der Waals surface area contributed by atoms with Crippen molar-refractivity contribution in [1.82, 2.24) is 4.98 Å². The van der Waals surface area contributed by atoms with Gasteiger partial charge in [0.1, 0.15) is 11.6 Å². The third kappa shape index (κ3) is 7.34. The van der Waals surface area contributed by atoms with E-state index in [0.717, 1.165) is 18.7 Å². The first kappa shape index (κ1) is 21.9. The van der Waals surface area contributed by atoms with Gasteiger partial charge in [-0.25, -0.2) is 4.98 Å². The van der Waals surface area contributed by atoms with Gasteiger partial charge in [-0.2, -0.15) is 0 Å². The molecule has 0 saturated carbocycles. The normalized spacial score (nSPS) is 10.9. The maximum absolute atomic E-state index is 13.0. The van der Waals surface area contributed by atoms with E-state index < -0.39 is 0 Å². The molecule has 0 unspecified atom stereocenters. The zero-order valence-corrected chi connectivity index (χ0v) is 17.5. The first-order chi connectivity index (χ1) is 13.6. The van der Waals surface area contributed by atoms with Crippen molar-refractivity contribution in [2.75, 3.05) is 18.5 Å². The average Bonchev–Trinajstić information content (AvgIpc) is 2.71. The Bertz CT molecular complexity index is 728. The van der Waals surface area contributed by atoms with Crippen LogP contribution in [0.2, 0.25) is 0 Å². The molecule has 1 heterocycles. The van der Waals surface area contributed by atoms with Gasteiger partial charge in [0.2, 0.25) is 0 Å². The Morgan fingerprint density at radius 3 is 2.64 bits per heavy atom. The zero-order chi connectivity index (χ0) is 20.2. The molecule has 4 nitrogen and oxygen atoms in total. The Morgan fingerprint density at radius 1 is 1.07 bits per heavy atom. The highest BCUT2D eigenvalue weighted by molar-refractivity contribution is 6.12. The van der Waals surface area contributed by atoms with Crippen molar-refractivity contribution in [3.8, 4) is 5.75 Å². The van der Waals surface area contributed by atoms with E-state index in [1.54, 1.807) is 6.20 Å². The topological polar surface area (TPSA) is 51.2 Å². The van der Waals surface area contributed by atoms with Crippen molar-refractivity contribution in [3.63, 3.8) is 0 Å².